The van der Waals surface area contributed by atoms with Gasteiger partial charge < -0.3 is 0 Å². The van der Waals surface area contributed by atoms with Gasteiger partial charge in [0.05, 0.1) is 12.0 Å². The van der Waals surface area contributed by atoms with Gasteiger partial charge in [0, 0.05) is 0 Å². The summed E-state index contributed by atoms with van der Waals surface area (Å²) < 4.78 is 0. The van der Waals surface area contributed by atoms with Crippen LogP contribution in [0, 0.1) is 6.92 Å². The molecule has 0 aliphatic carbocycles. The van der Waals surface area contributed by atoms with E-state index in [-0.39, 0.29) is 18.2 Å². The first-order chi connectivity index (χ1) is 8.53. The Kier molecular flexibility index (Phi) is 5.03. The quantitative estimate of drug-likeness (QED) is 0.606. The SMILES string of the molecule is Cc1ccccc1N(O)CP(C(C)(C)C)C(C)(C)C. The van der Waals surface area contributed by atoms with Gasteiger partial charge >= 0.3 is 0 Å². The minimum atomic E-state index is -0.342. The molecule has 1 aromatic rings. The van der Waals surface area contributed by atoms with Gasteiger partial charge in [0.25, 0.3) is 0 Å². The van der Waals surface area contributed by atoms with Crippen LogP contribution in [-0.4, -0.2) is 21.8 Å². The molecule has 0 amide bonds. The highest BCUT2D eigenvalue weighted by atomic mass is 31.1. The van der Waals surface area contributed by atoms with Crippen LogP contribution in [0.5, 0.6) is 0 Å². The van der Waals surface area contributed by atoms with Crippen molar-refractivity contribution in [2.75, 3.05) is 11.3 Å². The Morgan fingerprint density at radius 3 is 1.89 bits per heavy atom. The van der Waals surface area contributed by atoms with Gasteiger partial charge in [-0.3, -0.25) is 10.3 Å². The molecule has 0 bridgehead atoms. The molecule has 0 spiro atoms. The number of hydroxylamine groups is 1. The van der Waals surface area contributed by atoms with Gasteiger partial charge in [-0.05, 0) is 28.9 Å². The second-order valence-corrected chi connectivity index (χ2v) is 10.9. The van der Waals surface area contributed by atoms with Crippen molar-refractivity contribution in [1.29, 1.82) is 0 Å². The average molecular weight is 281 g/mol. The number of hydrogen-bond acceptors (Lipinski definition) is 2. The first-order valence-electron chi connectivity index (χ1n) is 6.83. The number of hydrogen-bond donors (Lipinski definition) is 1. The molecule has 1 N–H and O–H groups in total. The second kappa shape index (κ2) is 5.81. The molecule has 1 rings (SSSR count). The van der Waals surface area contributed by atoms with Crippen LogP contribution in [-0.2, 0) is 0 Å². The average Bonchev–Trinajstić information content (AvgIpc) is 2.23. The molecule has 0 aliphatic heterocycles. The fourth-order valence-corrected chi connectivity index (χ4v) is 5.77. The van der Waals surface area contributed by atoms with Gasteiger partial charge in [-0.2, -0.15) is 0 Å². The smallest absolute Gasteiger partial charge is 0.0667 e. The molecule has 0 aromatic heterocycles. The van der Waals surface area contributed by atoms with E-state index in [1.807, 2.05) is 31.2 Å². The maximum absolute atomic E-state index is 10.4. The lowest BCUT2D eigenvalue weighted by Gasteiger charge is -2.43. The van der Waals surface area contributed by atoms with Gasteiger partial charge in [0.2, 0.25) is 0 Å². The summed E-state index contributed by atoms with van der Waals surface area (Å²) in [5, 5.41) is 12.3. The Morgan fingerprint density at radius 2 is 1.47 bits per heavy atom. The maximum atomic E-state index is 10.4. The van der Waals surface area contributed by atoms with Gasteiger partial charge in [-0.1, -0.05) is 67.7 Å². The van der Waals surface area contributed by atoms with Crippen molar-refractivity contribution in [2.24, 2.45) is 0 Å². The van der Waals surface area contributed by atoms with Crippen LogP contribution in [0.2, 0.25) is 0 Å². The van der Waals surface area contributed by atoms with Crippen LogP contribution < -0.4 is 5.06 Å². The molecular weight excluding hydrogens is 253 g/mol. The minimum absolute atomic E-state index is 0.219. The molecule has 0 unspecified atom stereocenters. The molecule has 0 atom stereocenters. The number of rotatable bonds is 3. The first kappa shape index (κ1) is 16.5. The van der Waals surface area contributed by atoms with Gasteiger partial charge in [0.1, 0.15) is 0 Å². The molecule has 0 saturated carbocycles. The van der Waals surface area contributed by atoms with E-state index in [0.717, 1.165) is 11.3 Å². The summed E-state index contributed by atoms with van der Waals surface area (Å²) in [5.41, 5.74) is 2.03. The Hall–Kier alpha value is -0.590. The summed E-state index contributed by atoms with van der Waals surface area (Å²) in [6.45, 7) is 15.7. The number of aryl methyl sites for hydroxylation is 1. The van der Waals surface area contributed by atoms with E-state index in [2.05, 4.69) is 41.5 Å². The predicted molar refractivity (Wildman–Crippen MR) is 86.7 cm³/mol. The largest absolute Gasteiger partial charge is 0.288 e. The van der Waals surface area contributed by atoms with E-state index >= 15 is 0 Å². The molecule has 2 nitrogen and oxygen atoms in total. The molecule has 0 aliphatic rings. The molecular formula is C16H28NOP. The van der Waals surface area contributed by atoms with Crippen molar-refractivity contribution in [3.8, 4) is 0 Å². The van der Waals surface area contributed by atoms with Crippen molar-refractivity contribution in [1.82, 2.24) is 0 Å². The van der Waals surface area contributed by atoms with Gasteiger partial charge in [0.15, 0.2) is 0 Å². The zero-order chi connectivity index (χ0) is 14.8. The van der Waals surface area contributed by atoms with Crippen molar-refractivity contribution in [3.05, 3.63) is 29.8 Å². The van der Waals surface area contributed by atoms with E-state index in [1.54, 1.807) is 0 Å². The molecule has 108 valence electrons. The fraction of sp³-hybridized carbons (Fsp3) is 0.625. The highest BCUT2D eigenvalue weighted by Gasteiger charge is 2.35. The van der Waals surface area contributed by atoms with E-state index in [9.17, 15) is 5.21 Å². The van der Waals surface area contributed by atoms with E-state index in [4.69, 9.17) is 0 Å². The van der Waals surface area contributed by atoms with Crippen LogP contribution in [0.25, 0.3) is 0 Å². The Balaban J connectivity index is 2.96. The first-order valence-corrected chi connectivity index (χ1v) is 8.36. The van der Waals surface area contributed by atoms with E-state index in [1.165, 1.54) is 5.06 Å². The van der Waals surface area contributed by atoms with Crippen molar-refractivity contribution < 1.29 is 5.21 Å². The topological polar surface area (TPSA) is 23.5 Å². The van der Waals surface area contributed by atoms with Crippen LogP contribution in [0.3, 0.4) is 0 Å². The monoisotopic (exact) mass is 281 g/mol. The number of para-hydroxylation sites is 1. The summed E-state index contributed by atoms with van der Waals surface area (Å²) in [6, 6.07) is 7.99. The molecule has 0 saturated heterocycles. The Bertz CT molecular complexity index is 403. The lowest BCUT2D eigenvalue weighted by Crippen LogP contribution is -2.32. The second-order valence-electron chi connectivity index (χ2n) is 7.10. The van der Waals surface area contributed by atoms with Crippen LogP contribution >= 0.6 is 7.92 Å². The zero-order valence-corrected chi connectivity index (χ0v) is 14.3. The third kappa shape index (κ3) is 4.47. The molecule has 0 radical (unpaired) electrons. The van der Waals surface area contributed by atoms with Gasteiger partial charge in [-0.15, -0.1) is 0 Å². The molecule has 0 heterocycles. The summed E-state index contributed by atoms with van der Waals surface area (Å²) in [6.07, 6.45) is 0.715. The lowest BCUT2D eigenvalue weighted by molar-refractivity contribution is 0.271. The summed E-state index contributed by atoms with van der Waals surface area (Å²) >= 11 is 0. The molecule has 19 heavy (non-hydrogen) atoms. The third-order valence-corrected chi connectivity index (χ3v) is 7.08. The fourth-order valence-electron chi connectivity index (χ4n) is 2.49. The number of anilines is 1. The third-order valence-electron chi connectivity index (χ3n) is 3.29. The highest BCUT2D eigenvalue weighted by molar-refractivity contribution is 7.60. The molecule has 1 aromatic carbocycles. The highest BCUT2D eigenvalue weighted by Crippen LogP contribution is 2.59. The standard InChI is InChI=1S/C16H28NOP/c1-13-10-8-9-11-14(13)17(18)12-19(15(2,3)4)16(5,6)7/h8-11,18H,12H2,1-7H3. The van der Waals surface area contributed by atoms with E-state index in [0.29, 0.717) is 6.29 Å². The van der Waals surface area contributed by atoms with Crippen LogP contribution in [0.1, 0.15) is 47.1 Å². The molecule has 0 fully saturated rings. The van der Waals surface area contributed by atoms with Gasteiger partial charge in [-0.25, -0.2) is 0 Å². The van der Waals surface area contributed by atoms with Crippen molar-refractivity contribution in [2.45, 2.75) is 58.8 Å². The minimum Gasteiger partial charge on any atom is -0.288 e. The summed E-state index contributed by atoms with van der Waals surface area (Å²) in [5.74, 6) is 0. The van der Waals surface area contributed by atoms with E-state index < -0.39 is 0 Å². The van der Waals surface area contributed by atoms with Crippen molar-refractivity contribution >= 4 is 13.6 Å². The number of nitrogens with zero attached hydrogens (tertiary/aromatic N) is 1. The summed E-state index contributed by atoms with van der Waals surface area (Å²) in [7, 11) is -0.342. The Labute approximate surface area is 119 Å². The number of benzene rings is 1. The predicted octanol–water partition coefficient (Wildman–Crippen LogP) is 5.23. The molecule has 3 heteroatoms. The normalized spacial score (nSPS) is 12.9. The maximum Gasteiger partial charge on any atom is 0.0667 e. The Morgan fingerprint density at radius 1 is 1.00 bits per heavy atom. The summed E-state index contributed by atoms with van der Waals surface area (Å²) in [4.78, 5) is 0. The van der Waals surface area contributed by atoms with Crippen LogP contribution in [0.15, 0.2) is 24.3 Å². The van der Waals surface area contributed by atoms with Crippen molar-refractivity contribution in [3.63, 3.8) is 0 Å². The zero-order valence-electron chi connectivity index (χ0n) is 13.4. The lowest BCUT2D eigenvalue weighted by atomic mass is 10.2. The van der Waals surface area contributed by atoms with Crippen LogP contribution in [0.4, 0.5) is 5.69 Å².